The molecule has 0 aliphatic heterocycles. The summed E-state index contributed by atoms with van der Waals surface area (Å²) < 4.78 is 20.1. The molecule has 0 spiro atoms. The number of ether oxygens (including phenoxy) is 4. The SMILES string of the molecule is CC.CC(C)C.CC(C)C.O=C(Oc1ccccc1)Oc1ccc(OC(=O)Oc2ccccc2)cc1.c1ccccc1. The number of para-hydroxylation sites is 2. The Kier molecular flexibility index (Phi) is 21.6. The minimum atomic E-state index is -0.867. The highest BCUT2D eigenvalue weighted by atomic mass is 16.7. The van der Waals surface area contributed by atoms with E-state index in [-0.39, 0.29) is 11.5 Å². The van der Waals surface area contributed by atoms with Crippen LogP contribution in [0.2, 0.25) is 0 Å². The Bertz CT molecular complexity index is 1060. The monoisotopic (exact) mass is 574 g/mol. The van der Waals surface area contributed by atoms with Crippen molar-refractivity contribution in [3.63, 3.8) is 0 Å². The average molecular weight is 575 g/mol. The Labute approximate surface area is 252 Å². The van der Waals surface area contributed by atoms with E-state index in [2.05, 4.69) is 41.5 Å². The van der Waals surface area contributed by atoms with Crippen molar-refractivity contribution in [2.45, 2.75) is 55.4 Å². The van der Waals surface area contributed by atoms with Crippen LogP contribution in [0.3, 0.4) is 0 Å². The van der Waals surface area contributed by atoms with Crippen molar-refractivity contribution in [3.8, 4) is 23.0 Å². The standard InChI is InChI=1S/C20H14O6.C6H6.2C4H10.C2H6/c21-19(23-15-7-3-1-4-8-15)25-17-11-13-18(14-12-17)26-20(22)24-16-9-5-2-6-10-16;1-2-4-6-5-3-1;2*1-4(2)3;1-2/h1-14H;1-6H;2*4H,1-3H3;1-2H3. The van der Waals surface area contributed by atoms with Crippen molar-refractivity contribution >= 4 is 12.3 Å². The highest BCUT2D eigenvalue weighted by Crippen LogP contribution is 2.20. The van der Waals surface area contributed by atoms with Crippen LogP contribution in [0.4, 0.5) is 9.59 Å². The molecule has 0 atom stereocenters. The van der Waals surface area contributed by atoms with Crippen LogP contribution in [0.5, 0.6) is 23.0 Å². The van der Waals surface area contributed by atoms with Gasteiger partial charge in [-0.25, -0.2) is 9.59 Å². The third kappa shape index (κ3) is 22.3. The fourth-order valence-corrected chi connectivity index (χ4v) is 2.36. The van der Waals surface area contributed by atoms with Gasteiger partial charge in [-0.1, -0.05) is 128 Å². The molecule has 0 saturated heterocycles. The molecule has 0 aliphatic rings. The largest absolute Gasteiger partial charge is 0.519 e. The van der Waals surface area contributed by atoms with Gasteiger partial charge in [0.2, 0.25) is 0 Å². The third-order valence-electron chi connectivity index (χ3n) is 3.78. The van der Waals surface area contributed by atoms with Crippen LogP contribution in [0.1, 0.15) is 55.4 Å². The van der Waals surface area contributed by atoms with Gasteiger partial charge in [-0.05, 0) is 60.4 Å². The zero-order valence-corrected chi connectivity index (χ0v) is 26.2. The molecule has 6 heteroatoms. The number of carbonyl (C=O) groups excluding carboxylic acids is 2. The van der Waals surface area contributed by atoms with Crippen molar-refractivity contribution in [1.82, 2.24) is 0 Å². The first-order chi connectivity index (χ1) is 20.2. The molecule has 0 fully saturated rings. The molecule has 0 heterocycles. The van der Waals surface area contributed by atoms with E-state index in [4.69, 9.17) is 18.9 Å². The summed E-state index contributed by atoms with van der Waals surface area (Å²) in [5, 5.41) is 0. The van der Waals surface area contributed by atoms with E-state index in [0.717, 1.165) is 11.8 Å². The van der Waals surface area contributed by atoms with E-state index in [0.29, 0.717) is 11.5 Å². The summed E-state index contributed by atoms with van der Waals surface area (Å²) in [6, 6.07) is 35.0. The van der Waals surface area contributed by atoms with E-state index >= 15 is 0 Å². The van der Waals surface area contributed by atoms with Crippen LogP contribution in [-0.4, -0.2) is 12.3 Å². The van der Waals surface area contributed by atoms with Crippen molar-refractivity contribution < 1.29 is 28.5 Å². The molecule has 4 aromatic carbocycles. The summed E-state index contributed by atoms with van der Waals surface area (Å²) >= 11 is 0. The van der Waals surface area contributed by atoms with Gasteiger partial charge in [0.05, 0.1) is 0 Å². The van der Waals surface area contributed by atoms with E-state index in [1.807, 2.05) is 50.2 Å². The lowest BCUT2D eigenvalue weighted by Crippen LogP contribution is -2.14. The van der Waals surface area contributed by atoms with Crippen molar-refractivity contribution in [2.75, 3.05) is 0 Å². The van der Waals surface area contributed by atoms with Gasteiger partial charge in [0.15, 0.2) is 0 Å². The van der Waals surface area contributed by atoms with Gasteiger partial charge in [-0.3, -0.25) is 0 Å². The van der Waals surface area contributed by atoms with Crippen LogP contribution in [0, 0.1) is 11.8 Å². The number of hydrogen-bond donors (Lipinski definition) is 0. The van der Waals surface area contributed by atoms with Crippen LogP contribution >= 0.6 is 0 Å². The molecule has 0 N–H and O–H groups in total. The highest BCUT2D eigenvalue weighted by molar-refractivity contribution is 5.68. The number of rotatable bonds is 4. The first-order valence-corrected chi connectivity index (χ1v) is 14.1. The number of carbonyl (C=O) groups is 2. The van der Waals surface area contributed by atoms with Crippen LogP contribution in [-0.2, 0) is 0 Å². The van der Waals surface area contributed by atoms with Gasteiger partial charge in [-0.2, -0.15) is 0 Å². The second kappa shape index (κ2) is 24.2. The quantitative estimate of drug-likeness (QED) is 0.178. The Morgan fingerprint density at radius 1 is 0.381 bits per heavy atom. The van der Waals surface area contributed by atoms with Gasteiger partial charge >= 0.3 is 12.3 Å². The zero-order valence-electron chi connectivity index (χ0n) is 26.2. The fourth-order valence-electron chi connectivity index (χ4n) is 2.36. The lowest BCUT2D eigenvalue weighted by atomic mass is 10.3. The molecule has 226 valence electrons. The first-order valence-electron chi connectivity index (χ1n) is 14.1. The smallest absolute Gasteiger partial charge is 0.395 e. The predicted octanol–water partition coefficient (Wildman–Crippen LogP) is 10.9. The molecule has 0 amide bonds. The minimum absolute atomic E-state index is 0.245. The maximum atomic E-state index is 11.7. The molecule has 4 aromatic rings. The lowest BCUT2D eigenvalue weighted by Gasteiger charge is -2.07. The Morgan fingerprint density at radius 2 is 0.548 bits per heavy atom. The topological polar surface area (TPSA) is 71.1 Å². The van der Waals surface area contributed by atoms with E-state index < -0.39 is 12.3 Å². The summed E-state index contributed by atoms with van der Waals surface area (Å²) in [5.74, 6) is 2.91. The van der Waals surface area contributed by atoms with Crippen LogP contribution in [0.25, 0.3) is 0 Å². The minimum Gasteiger partial charge on any atom is -0.395 e. The van der Waals surface area contributed by atoms with Gasteiger partial charge in [0.1, 0.15) is 23.0 Å². The molecule has 0 saturated carbocycles. The molecule has 0 radical (unpaired) electrons. The average Bonchev–Trinajstić information content (AvgIpc) is 2.97. The Balaban J connectivity index is 0.000000861. The molecule has 0 bridgehead atoms. The van der Waals surface area contributed by atoms with Gasteiger partial charge < -0.3 is 18.9 Å². The molecule has 42 heavy (non-hydrogen) atoms. The molecule has 6 nitrogen and oxygen atoms in total. The van der Waals surface area contributed by atoms with Crippen LogP contribution in [0.15, 0.2) is 121 Å². The summed E-state index contributed by atoms with van der Waals surface area (Å²) in [6.07, 6.45) is -1.73. The van der Waals surface area contributed by atoms with Gasteiger partial charge in [0.25, 0.3) is 0 Å². The summed E-state index contributed by atoms with van der Waals surface area (Å²) in [6.45, 7) is 17.0. The van der Waals surface area contributed by atoms with E-state index in [1.165, 1.54) is 24.3 Å². The predicted molar refractivity (Wildman–Crippen MR) is 171 cm³/mol. The molecule has 0 unspecified atom stereocenters. The zero-order chi connectivity index (χ0) is 31.6. The molecular weight excluding hydrogens is 528 g/mol. The maximum absolute atomic E-state index is 11.7. The fraction of sp³-hybridized carbons (Fsp3) is 0.278. The third-order valence-corrected chi connectivity index (χ3v) is 3.78. The van der Waals surface area contributed by atoms with Crippen molar-refractivity contribution in [2.24, 2.45) is 11.8 Å². The van der Waals surface area contributed by atoms with E-state index in [1.54, 1.807) is 60.7 Å². The second-order valence-electron chi connectivity index (χ2n) is 9.62. The summed E-state index contributed by atoms with van der Waals surface area (Å²) in [5.41, 5.74) is 0. The van der Waals surface area contributed by atoms with E-state index in [9.17, 15) is 9.59 Å². The Morgan fingerprint density at radius 3 is 0.762 bits per heavy atom. The first kappa shape index (κ1) is 37.4. The van der Waals surface area contributed by atoms with Gasteiger partial charge in [0, 0.05) is 0 Å². The van der Waals surface area contributed by atoms with Crippen molar-refractivity contribution in [3.05, 3.63) is 121 Å². The Hall–Kier alpha value is -4.58. The highest BCUT2D eigenvalue weighted by Gasteiger charge is 2.10. The summed E-state index contributed by atoms with van der Waals surface area (Å²) in [4.78, 5) is 23.4. The molecule has 4 rings (SSSR count). The number of benzene rings is 4. The molecular formula is C36H46O6. The summed E-state index contributed by atoms with van der Waals surface area (Å²) in [7, 11) is 0. The van der Waals surface area contributed by atoms with Gasteiger partial charge in [-0.15, -0.1) is 0 Å². The lowest BCUT2D eigenvalue weighted by molar-refractivity contribution is 0.149. The molecule has 0 aliphatic carbocycles. The maximum Gasteiger partial charge on any atom is 0.519 e. The van der Waals surface area contributed by atoms with Crippen molar-refractivity contribution in [1.29, 1.82) is 0 Å². The van der Waals surface area contributed by atoms with Crippen LogP contribution < -0.4 is 18.9 Å². The normalized spacial score (nSPS) is 9.10. The molecule has 0 aromatic heterocycles. The second-order valence-corrected chi connectivity index (χ2v) is 9.62. The number of hydrogen-bond acceptors (Lipinski definition) is 6.